The van der Waals surface area contributed by atoms with Gasteiger partial charge in [-0.2, -0.15) is 5.10 Å². The van der Waals surface area contributed by atoms with Gasteiger partial charge < -0.3 is 4.90 Å². The number of amides is 1. The number of nitrogens with zero attached hydrogens (tertiary/aromatic N) is 3. The van der Waals surface area contributed by atoms with Gasteiger partial charge in [0.05, 0.1) is 5.69 Å². The van der Waals surface area contributed by atoms with Gasteiger partial charge >= 0.3 is 0 Å². The van der Waals surface area contributed by atoms with Gasteiger partial charge in [0.1, 0.15) is 5.82 Å². The van der Waals surface area contributed by atoms with E-state index in [2.05, 4.69) is 16.3 Å². The normalized spacial score (nSPS) is 16.5. The van der Waals surface area contributed by atoms with E-state index in [9.17, 15) is 9.18 Å². The molecule has 1 aliphatic heterocycles. The van der Waals surface area contributed by atoms with Crippen LogP contribution in [0, 0.1) is 26.6 Å². The molecule has 0 bridgehead atoms. The topological polar surface area (TPSA) is 61.9 Å². The lowest BCUT2D eigenvalue weighted by molar-refractivity contribution is -0.132. The molecule has 1 N–H and O–H groups in total. The Hall–Kier alpha value is -3.02. The van der Waals surface area contributed by atoms with Crippen molar-refractivity contribution in [3.05, 3.63) is 70.6 Å². The SMILES string of the molecule is Cc1cc(-c2ccc(F)cc2)cc([C@@H]2CCCN(C(=O)CCc3c(C)n[nH]c3C)C2)n1. The molecule has 2 aromatic heterocycles. The summed E-state index contributed by atoms with van der Waals surface area (Å²) in [5, 5.41) is 7.22. The van der Waals surface area contributed by atoms with Crippen molar-refractivity contribution in [1.82, 2.24) is 20.1 Å². The first-order chi connectivity index (χ1) is 14.9. The smallest absolute Gasteiger partial charge is 0.222 e. The van der Waals surface area contributed by atoms with E-state index in [1.807, 2.05) is 31.7 Å². The van der Waals surface area contributed by atoms with Crippen LogP contribution in [-0.2, 0) is 11.2 Å². The largest absolute Gasteiger partial charge is 0.342 e. The number of hydrogen-bond donors (Lipinski definition) is 1. The van der Waals surface area contributed by atoms with Crippen LogP contribution in [0.15, 0.2) is 36.4 Å². The fourth-order valence-electron chi connectivity index (χ4n) is 4.49. The second-order valence-electron chi connectivity index (χ2n) is 8.52. The van der Waals surface area contributed by atoms with Crippen LogP contribution in [0.5, 0.6) is 0 Å². The van der Waals surface area contributed by atoms with Crippen LogP contribution < -0.4 is 0 Å². The second kappa shape index (κ2) is 9.00. The van der Waals surface area contributed by atoms with Crippen LogP contribution in [0.4, 0.5) is 4.39 Å². The van der Waals surface area contributed by atoms with Crippen LogP contribution in [0.1, 0.15) is 53.5 Å². The predicted molar refractivity (Wildman–Crippen MR) is 119 cm³/mol. The number of benzene rings is 1. The summed E-state index contributed by atoms with van der Waals surface area (Å²) in [6.07, 6.45) is 3.20. The van der Waals surface area contributed by atoms with Crippen molar-refractivity contribution in [3.63, 3.8) is 0 Å². The Balaban J connectivity index is 1.47. The summed E-state index contributed by atoms with van der Waals surface area (Å²) in [4.78, 5) is 19.7. The first-order valence-electron chi connectivity index (χ1n) is 10.9. The summed E-state index contributed by atoms with van der Waals surface area (Å²) in [5.74, 6) is 0.169. The minimum atomic E-state index is -0.239. The molecule has 1 aromatic carbocycles. The Morgan fingerprint density at radius 1 is 1.16 bits per heavy atom. The number of hydrogen-bond acceptors (Lipinski definition) is 3. The molecule has 5 nitrogen and oxygen atoms in total. The molecule has 1 amide bonds. The Kier molecular flexibility index (Phi) is 6.16. The monoisotopic (exact) mass is 420 g/mol. The van der Waals surface area contributed by atoms with Crippen molar-refractivity contribution in [2.45, 2.75) is 52.4 Å². The average molecular weight is 421 g/mol. The zero-order chi connectivity index (χ0) is 22.0. The molecule has 0 radical (unpaired) electrons. The molecule has 4 rings (SSSR count). The Morgan fingerprint density at radius 2 is 1.94 bits per heavy atom. The lowest BCUT2D eigenvalue weighted by Crippen LogP contribution is -2.39. The lowest BCUT2D eigenvalue weighted by atomic mass is 9.92. The van der Waals surface area contributed by atoms with E-state index in [-0.39, 0.29) is 17.6 Å². The van der Waals surface area contributed by atoms with Gasteiger partial charge in [-0.3, -0.25) is 14.9 Å². The van der Waals surface area contributed by atoms with Gasteiger partial charge in [-0.05, 0) is 81.0 Å². The van der Waals surface area contributed by atoms with E-state index in [0.29, 0.717) is 19.4 Å². The molecule has 31 heavy (non-hydrogen) atoms. The maximum Gasteiger partial charge on any atom is 0.222 e. The summed E-state index contributed by atoms with van der Waals surface area (Å²) in [6, 6.07) is 10.7. The fraction of sp³-hybridized carbons (Fsp3) is 0.400. The van der Waals surface area contributed by atoms with Crippen molar-refractivity contribution < 1.29 is 9.18 Å². The standard InChI is InChI=1S/C25H29FN4O/c1-16-13-21(19-6-8-22(26)9-7-19)14-24(27-16)20-5-4-12-30(15-20)25(31)11-10-23-17(2)28-29-18(23)3/h6-9,13-14,20H,4-5,10-12,15H2,1-3H3,(H,28,29)/t20-/m1/s1. The minimum absolute atomic E-state index is 0.191. The van der Waals surface area contributed by atoms with E-state index >= 15 is 0 Å². The highest BCUT2D eigenvalue weighted by Crippen LogP contribution is 2.30. The summed E-state index contributed by atoms with van der Waals surface area (Å²) in [6.45, 7) is 7.45. The minimum Gasteiger partial charge on any atom is -0.342 e. The maximum absolute atomic E-state index is 13.3. The number of aromatic nitrogens is 3. The molecule has 1 aliphatic rings. The van der Waals surface area contributed by atoms with Crippen LogP contribution >= 0.6 is 0 Å². The molecule has 6 heteroatoms. The third-order valence-electron chi connectivity index (χ3n) is 6.21. The highest BCUT2D eigenvalue weighted by atomic mass is 19.1. The number of piperidine rings is 1. The molecule has 0 aliphatic carbocycles. The first kappa shape index (κ1) is 21.2. The molecule has 162 valence electrons. The van der Waals surface area contributed by atoms with Crippen molar-refractivity contribution in [2.75, 3.05) is 13.1 Å². The molecular formula is C25H29FN4O. The zero-order valence-electron chi connectivity index (χ0n) is 18.4. The molecule has 3 aromatic rings. The van der Waals surface area contributed by atoms with Crippen LogP contribution in [0.25, 0.3) is 11.1 Å². The molecule has 1 atom stereocenters. The molecule has 3 heterocycles. The highest BCUT2D eigenvalue weighted by molar-refractivity contribution is 5.76. The summed E-state index contributed by atoms with van der Waals surface area (Å²) < 4.78 is 13.3. The van der Waals surface area contributed by atoms with Crippen molar-refractivity contribution >= 4 is 5.91 Å². The quantitative estimate of drug-likeness (QED) is 0.640. The number of halogens is 1. The molecular weight excluding hydrogens is 391 g/mol. The number of pyridine rings is 1. The summed E-state index contributed by atoms with van der Waals surface area (Å²) in [7, 11) is 0. The van der Waals surface area contributed by atoms with Gasteiger partial charge in [0.2, 0.25) is 5.91 Å². The van der Waals surface area contributed by atoms with Gasteiger partial charge in [0, 0.05) is 42.5 Å². The number of H-pyrrole nitrogens is 1. The van der Waals surface area contributed by atoms with E-state index in [0.717, 1.165) is 58.9 Å². The lowest BCUT2D eigenvalue weighted by Gasteiger charge is -2.33. The highest BCUT2D eigenvalue weighted by Gasteiger charge is 2.26. The van der Waals surface area contributed by atoms with E-state index in [1.165, 1.54) is 12.1 Å². The summed E-state index contributed by atoms with van der Waals surface area (Å²) in [5.41, 5.74) is 7.12. The molecule has 0 unspecified atom stereocenters. The fourth-order valence-corrected chi connectivity index (χ4v) is 4.49. The number of carbonyl (C=O) groups excluding carboxylic acids is 1. The number of aryl methyl sites for hydroxylation is 3. The van der Waals surface area contributed by atoms with Gasteiger partial charge in [-0.15, -0.1) is 0 Å². The van der Waals surface area contributed by atoms with Crippen LogP contribution in [0.3, 0.4) is 0 Å². The van der Waals surface area contributed by atoms with E-state index < -0.39 is 0 Å². The number of rotatable bonds is 5. The average Bonchev–Trinajstić information content (AvgIpc) is 3.09. The Labute approximate surface area is 182 Å². The Morgan fingerprint density at radius 3 is 2.65 bits per heavy atom. The molecule has 0 spiro atoms. The second-order valence-corrected chi connectivity index (χ2v) is 8.52. The number of aromatic amines is 1. The maximum atomic E-state index is 13.3. The zero-order valence-corrected chi connectivity index (χ0v) is 18.4. The van der Waals surface area contributed by atoms with Crippen molar-refractivity contribution in [1.29, 1.82) is 0 Å². The van der Waals surface area contributed by atoms with Crippen molar-refractivity contribution in [2.24, 2.45) is 0 Å². The summed E-state index contributed by atoms with van der Waals surface area (Å²) >= 11 is 0. The van der Waals surface area contributed by atoms with Gasteiger partial charge in [0.15, 0.2) is 0 Å². The predicted octanol–water partition coefficient (Wildman–Crippen LogP) is 4.87. The van der Waals surface area contributed by atoms with Gasteiger partial charge in [-0.1, -0.05) is 12.1 Å². The molecule has 0 saturated carbocycles. The van der Waals surface area contributed by atoms with Gasteiger partial charge in [-0.25, -0.2) is 4.39 Å². The molecule has 1 saturated heterocycles. The van der Waals surface area contributed by atoms with E-state index in [1.54, 1.807) is 12.1 Å². The number of nitrogens with one attached hydrogen (secondary N) is 1. The number of likely N-dealkylation sites (tertiary alicyclic amines) is 1. The van der Waals surface area contributed by atoms with Crippen molar-refractivity contribution in [3.8, 4) is 11.1 Å². The third-order valence-corrected chi connectivity index (χ3v) is 6.21. The first-order valence-corrected chi connectivity index (χ1v) is 10.9. The molecule has 1 fully saturated rings. The number of carbonyl (C=O) groups is 1. The Bertz CT molecular complexity index is 1050. The third kappa shape index (κ3) is 4.84. The van der Waals surface area contributed by atoms with Crippen LogP contribution in [0.2, 0.25) is 0 Å². The van der Waals surface area contributed by atoms with Crippen LogP contribution in [-0.4, -0.2) is 39.1 Å². The van der Waals surface area contributed by atoms with Gasteiger partial charge in [0.25, 0.3) is 0 Å². The van der Waals surface area contributed by atoms with E-state index in [4.69, 9.17) is 4.98 Å².